The molecular formula is C28H21F6N3O2. The van der Waals surface area contributed by atoms with E-state index in [-0.39, 0.29) is 41.8 Å². The van der Waals surface area contributed by atoms with Crippen LogP contribution in [0.3, 0.4) is 0 Å². The van der Waals surface area contributed by atoms with Crippen molar-refractivity contribution in [3.63, 3.8) is 0 Å². The van der Waals surface area contributed by atoms with Crippen LogP contribution < -0.4 is 5.56 Å². The van der Waals surface area contributed by atoms with Crippen molar-refractivity contribution in [1.82, 2.24) is 14.5 Å². The Hall–Kier alpha value is -4.15. The van der Waals surface area contributed by atoms with E-state index in [1.54, 1.807) is 49.4 Å². The smallest absolute Gasteiger partial charge is 0.333 e. The standard InChI is InChI=1S/C28H21F6N3O2/c1-16-13-36(15-17-10-19(27(29,30)31)12-20(11-17)28(32,33)34)26(39)24-22(18-6-3-2-4-7-18)21-8-5-9-35-23(21)25(38)37(24)14-16/h2-12,16H,13-15H2,1H3/t16-/m0/s1. The average Bonchev–Trinajstić information content (AvgIpc) is 3.00. The number of nitrogens with zero attached hydrogens (tertiary/aromatic N) is 3. The van der Waals surface area contributed by atoms with Crippen LogP contribution in [0, 0.1) is 5.92 Å². The number of amides is 1. The van der Waals surface area contributed by atoms with E-state index in [0.29, 0.717) is 28.6 Å². The van der Waals surface area contributed by atoms with Crippen LogP contribution in [-0.2, 0) is 25.4 Å². The molecule has 5 nitrogen and oxygen atoms in total. The SMILES string of the molecule is C[C@H]1CN(Cc2cc(C(F)(F)F)cc(C(F)(F)F)c2)C(=O)c2c(-c3ccccc3)c3cccnc3c(=O)n2C1. The highest BCUT2D eigenvalue weighted by atomic mass is 19.4. The average molecular weight is 545 g/mol. The topological polar surface area (TPSA) is 55.2 Å². The summed E-state index contributed by atoms with van der Waals surface area (Å²) in [5.74, 6) is -1.02. The Balaban J connectivity index is 1.70. The van der Waals surface area contributed by atoms with Gasteiger partial charge in [0.25, 0.3) is 11.5 Å². The Morgan fingerprint density at radius 3 is 2.13 bits per heavy atom. The van der Waals surface area contributed by atoms with E-state index in [1.807, 2.05) is 0 Å². The number of hydrogen-bond acceptors (Lipinski definition) is 3. The normalized spacial score (nSPS) is 16.3. The van der Waals surface area contributed by atoms with E-state index in [9.17, 15) is 35.9 Å². The molecule has 3 heterocycles. The molecule has 0 unspecified atom stereocenters. The largest absolute Gasteiger partial charge is 0.416 e. The summed E-state index contributed by atoms with van der Waals surface area (Å²) in [6, 6.07) is 13.3. The van der Waals surface area contributed by atoms with E-state index in [4.69, 9.17) is 0 Å². The minimum Gasteiger partial charge on any atom is -0.333 e. The van der Waals surface area contributed by atoms with Crippen LogP contribution in [0.1, 0.15) is 34.1 Å². The molecule has 1 aliphatic heterocycles. The maximum Gasteiger partial charge on any atom is 0.416 e. The lowest BCUT2D eigenvalue weighted by molar-refractivity contribution is -0.143. The molecule has 1 amide bonds. The summed E-state index contributed by atoms with van der Waals surface area (Å²) in [6.07, 6.45) is -8.57. The summed E-state index contributed by atoms with van der Waals surface area (Å²) in [6.45, 7) is 1.36. The first-order chi connectivity index (χ1) is 18.3. The van der Waals surface area contributed by atoms with Crippen molar-refractivity contribution in [3.05, 3.63) is 99.6 Å². The Kier molecular flexibility index (Phi) is 6.48. The van der Waals surface area contributed by atoms with Gasteiger partial charge in [-0.15, -0.1) is 0 Å². The highest BCUT2D eigenvalue weighted by molar-refractivity contribution is 6.07. The molecule has 11 heteroatoms. The molecule has 2 aromatic heterocycles. The zero-order valence-electron chi connectivity index (χ0n) is 20.5. The first-order valence-corrected chi connectivity index (χ1v) is 12.0. The van der Waals surface area contributed by atoms with Gasteiger partial charge < -0.3 is 9.47 Å². The predicted molar refractivity (Wildman–Crippen MR) is 132 cm³/mol. The van der Waals surface area contributed by atoms with Gasteiger partial charge in [0.15, 0.2) is 0 Å². The van der Waals surface area contributed by atoms with Crippen molar-refractivity contribution in [1.29, 1.82) is 0 Å². The van der Waals surface area contributed by atoms with Crippen LogP contribution in [0.5, 0.6) is 0 Å². The van der Waals surface area contributed by atoms with Gasteiger partial charge in [-0.1, -0.05) is 43.3 Å². The lowest BCUT2D eigenvalue weighted by Gasteiger charge is -2.25. The fourth-order valence-electron chi connectivity index (χ4n) is 5.01. The molecule has 202 valence electrons. The summed E-state index contributed by atoms with van der Waals surface area (Å²) in [5.41, 5.74) is -2.54. The van der Waals surface area contributed by atoms with E-state index in [0.717, 1.165) is 0 Å². The molecule has 0 saturated carbocycles. The molecule has 0 N–H and O–H groups in total. The van der Waals surface area contributed by atoms with Gasteiger partial charge in [0, 0.05) is 36.8 Å². The van der Waals surface area contributed by atoms with Crippen LogP contribution in [0.25, 0.3) is 22.0 Å². The van der Waals surface area contributed by atoms with Gasteiger partial charge in [-0.05, 0) is 41.3 Å². The molecule has 39 heavy (non-hydrogen) atoms. The van der Waals surface area contributed by atoms with E-state index in [2.05, 4.69) is 4.98 Å². The van der Waals surface area contributed by atoms with E-state index < -0.39 is 41.5 Å². The van der Waals surface area contributed by atoms with Gasteiger partial charge in [-0.25, -0.2) is 0 Å². The Bertz CT molecular complexity index is 1590. The van der Waals surface area contributed by atoms with Crippen LogP contribution in [0.15, 0.2) is 71.7 Å². The fourth-order valence-corrected chi connectivity index (χ4v) is 5.01. The Morgan fingerprint density at radius 1 is 0.872 bits per heavy atom. The zero-order chi connectivity index (χ0) is 28.1. The monoisotopic (exact) mass is 545 g/mol. The minimum absolute atomic E-state index is 0.00948. The third-order valence-electron chi connectivity index (χ3n) is 6.63. The number of halogens is 6. The number of aromatic nitrogens is 2. The molecule has 0 radical (unpaired) electrons. The number of alkyl halides is 6. The van der Waals surface area contributed by atoms with Crippen molar-refractivity contribution in [2.75, 3.05) is 6.54 Å². The third kappa shape index (κ3) is 5.00. The van der Waals surface area contributed by atoms with Crippen molar-refractivity contribution < 1.29 is 31.1 Å². The molecule has 0 aliphatic carbocycles. The molecule has 0 saturated heterocycles. The molecule has 5 rings (SSSR count). The van der Waals surface area contributed by atoms with Crippen LogP contribution in [0.4, 0.5) is 26.3 Å². The number of carbonyl (C=O) groups excluding carboxylic acids is 1. The van der Waals surface area contributed by atoms with Crippen LogP contribution in [-0.4, -0.2) is 26.9 Å². The van der Waals surface area contributed by atoms with E-state index >= 15 is 0 Å². The van der Waals surface area contributed by atoms with Gasteiger partial charge in [0.05, 0.1) is 11.1 Å². The first-order valence-electron chi connectivity index (χ1n) is 12.0. The van der Waals surface area contributed by atoms with Gasteiger partial charge in [-0.3, -0.25) is 14.6 Å². The second-order valence-corrected chi connectivity index (χ2v) is 9.61. The maximum absolute atomic E-state index is 14.0. The minimum atomic E-state index is -5.02. The summed E-state index contributed by atoms with van der Waals surface area (Å²) in [4.78, 5) is 32.9. The van der Waals surface area contributed by atoms with Crippen molar-refractivity contribution in [2.45, 2.75) is 32.4 Å². The molecule has 4 aromatic rings. The van der Waals surface area contributed by atoms with Gasteiger partial charge >= 0.3 is 12.4 Å². The predicted octanol–water partition coefficient (Wildman–Crippen LogP) is 6.39. The Labute approximate surface area is 218 Å². The zero-order valence-corrected chi connectivity index (χ0v) is 20.5. The molecular weight excluding hydrogens is 524 g/mol. The van der Waals surface area contributed by atoms with Gasteiger partial charge in [0.1, 0.15) is 11.2 Å². The Morgan fingerprint density at radius 2 is 1.51 bits per heavy atom. The quantitative estimate of drug-likeness (QED) is 0.280. The highest BCUT2D eigenvalue weighted by Crippen LogP contribution is 2.37. The summed E-state index contributed by atoms with van der Waals surface area (Å²) in [5, 5.41) is 0.418. The van der Waals surface area contributed by atoms with Crippen molar-refractivity contribution >= 4 is 16.8 Å². The molecule has 1 atom stereocenters. The number of pyridine rings is 2. The van der Waals surface area contributed by atoms with Crippen LogP contribution >= 0.6 is 0 Å². The number of rotatable bonds is 3. The number of hydrogen-bond donors (Lipinski definition) is 0. The number of benzene rings is 2. The van der Waals surface area contributed by atoms with Gasteiger partial charge in [0.2, 0.25) is 0 Å². The lowest BCUT2D eigenvalue weighted by Crippen LogP contribution is -2.34. The molecule has 1 aliphatic rings. The molecule has 2 aromatic carbocycles. The van der Waals surface area contributed by atoms with E-state index in [1.165, 1.54) is 15.7 Å². The van der Waals surface area contributed by atoms with Crippen molar-refractivity contribution in [3.8, 4) is 11.1 Å². The summed E-state index contributed by atoms with van der Waals surface area (Å²) >= 11 is 0. The first kappa shape index (κ1) is 26.5. The fraction of sp³-hybridized carbons (Fsp3) is 0.250. The van der Waals surface area contributed by atoms with Crippen LogP contribution in [0.2, 0.25) is 0 Å². The van der Waals surface area contributed by atoms with Gasteiger partial charge in [-0.2, -0.15) is 26.3 Å². The second-order valence-electron chi connectivity index (χ2n) is 9.61. The molecule has 0 bridgehead atoms. The highest BCUT2D eigenvalue weighted by Gasteiger charge is 2.38. The summed E-state index contributed by atoms with van der Waals surface area (Å²) < 4.78 is 82.1. The molecule has 0 fully saturated rings. The number of fused-ring (bicyclic) bond motifs is 2. The second kappa shape index (κ2) is 9.55. The van der Waals surface area contributed by atoms with Crippen molar-refractivity contribution in [2.24, 2.45) is 5.92 Å². The summed E-state index contributed by atoms with van der Waals surface area (Å²) in [7, 11) is 0. The molecule has 0 spiro atoms. The maximum atomic E-state index is 14.0. The third-order valence-corrected chi connectivity index (χ3v) is 6.63. The number of carbonyl (C=O) groups is 1. The lowest BCUT2D eigenvalue weighted by atomic mass is 9.97.